The van der Waals surface area contributed by atoms with Crippen LogP contribution < -0.4 is 4.74 Å². The van der Waals surface area contributed by atoms with Gasteiger partial charge in [-0.15, -0.1) is 5.10 Å². The molecule has 1 aliphatic rings. The van der Waals surface area contributed by atoms with Crippen LogP contribution in [0, 0.1) is 17.1 Å². The van der Waals surface area contributed by atoms with Crippen molar-refractivity contribution in [3.63, 3.8) is 0 Å². The molecule has 0 bridgehead atoms. The third-order valence-electron chi connectivity index (χ3n) is 5.19. The van der Waals surface area contributed by atoms with E-state index in [1.54, 1.807) is 11.0 Å². The zero-order valence-electron chi connectivity index (χ0n) is 19.0. The van der Waals surface area contributed by atoms with E-state index in [9.17, 15) is 9.18 Å². The first-order chi connectivity index (χ1) is 15.1. The molecule has 1 aliphatic heterocycles. The van der Waals surface area contributed by atoms with Gasteiger partial charge in [-0.3, -0.25) is 4.68 Å². The number of halogens is 1. The van der Waals surface area contributed by atoms with Gasteiger partial charge in [0, 0.05) is 24.8 Å². The Labute approximate surface area is 188 Å². The second-order valence-electron chi connectivity index (χ2n) is 9.01. The van der Waals surface area contributed by atoms with Gasteiger partial charge >= 0.3 is 6.09 Å². The molecule has 32 heavy (non-hydrogen) atoms. The van der Waals surface area contributed by atoms with Gasteiger partial charge in [0.1, 0.15) is 18.0 Å². The lowest BCUT2D eigenvalue weighted by atomic mass is 10.1. The van der Waals surface area contributed by atoms with Crippen molar-refractivity contribution in [1.82, 2.24) is 14.7 Å². The van der Waals surface area contributed by atoms with E-state index in [0.717, 1.165) is 24.0 Å². The van der Waals surface area contributed by atoms with Crippen LogP contribution in [0.3, 0.4) is 0 Å². The predicted molar refractivity (Wildman–Crippen MR) is 118 cm³/mol. The fraction of sp³-hybridized carbons (Fsp3) is 0.458. The minimum absolute atomic E-state index is 0.00801. The predicted octanol–water partition coefficient (Wildman–Crippen LogP) is 5.08. The van der Waals surface area contributed by atoms with Crippen LogP contribution in [0.5, 0.6) is 5.88 Å². The molecular weight excluding hydrogens is 411 g/mol. The summed E-state index contributed by atoms with van der Waals surface area (Å²) in [6.45, 7) is 12.6. The number of carbonyl (C=O) groups excluding carboxylic acids is 1. The van der Waals surface area contributed by atoms with Crippen molar-refractivity contribution in [1.29, 1.82) is 5.26 Å². The Kier molecular flexibility index (Phi) is 6.87. The lowest BCUT2D eigenvalue weighted by Gasteiger charge is -2.33. The minimum atomic E-state index is -0.521. The molecule has 0 N–H and O–H groups in total. The molecule has 1 amide bonds. The number of hydrogen-bond donors (Lipinski definition) is 0. The van der Waals surface area contributed by atoms with Crippen LogP contribution in [0.15, 0.2) is 31.0 Å². The number of ether oxygens (including phenoxy) is 2. The molecule has 0 aliphatic carbocycles. The average molecular weight is 441 g/mol. The maximum atomic E-state index is 14.2. The summed E-state index contributed by atoms with van der Waals surface area (Å²) < 4.78 is 27.3. The summed E-state index contributed by atoms with van der Waals surface area (Å²) in [5, 5.41) is 13.5. The lowest BCUT2D eigenvalue weighted by molar-refractivity contribution is 0.0184. The topological polar surface area (TPSA) is 80.4 Å². The lowest BCUT2D eigenvalue weighted by Crippen LogP contribution is -2.42. The molecule has 1 saturated heterocycles. The van der Waals surface area contributed by atoms with Crippen LogP contribution in [0.1, 0.15) is 63.3 Å². The van der Waals surface area contributed by atoms with Crippen LogP contribution in [-0.4, -0.2) is 39.5 Å². The Morgan fingerprint density at radius 1 is 1.34 bits per heavy atom. The molecule has 7 nitrogen and oxygen atoms in total. The number of benzene rings is 1. The first-order valence-corrected chi connectivity index (χ1v) is 10.6. The highest BCUT2D eigenvalue weighted by Gasteiger charge is 2.28. The quantitative estimate of drug-likeness (QED) is 0.648. The van der Waals surface area contributed by atoms with Crippen molar-refractivity contribution in [3.8, 4) is 11.9 Å². The number of rotatable bonds is 5. The number of aromatic nitrogens is 2. The fourth-order valence-electron chi connectivity index (χ4n) is 3.48. The smallest absolute Gasteiger partial charge is 0.410 e. The van der Waals surface area contributed by atoms with Crippen molar-refractivity contribution in [2.24, 2.45) is 0 Å². The van der Waals surface area contributed by atoms with E-state index in [1.807, 2.05) is 44.6 Å². The van der Waals surface area contributed by atoms with Crippen LogP contribution in [0.4, 0.5) is 9.18 Å². The Morgan fingerprint density at radius 3 is 2.59 bits per heavy atom. The van der Waals surface area contributed by atoms with Gasteiger partial charge < -0.3 is 14.4 Å². The van der Waals surface area contributed by atoms with Gasteiger partial charge in [0.25, 0.3) is 0 Å². The van der Waals surface area contributed by atoms with Crippen molar-refractivity contribution < 1.29 is 18.7 Å². The highest BCUT2D eigenvalue weighted by Crippen LogP contribution is 2.30. The number of likely N-dealkylation sites (tertiary alicyclic amines) is 1. The van der Waals surface area contributed by atoms with E-state index in [2.05, 4.69) is 11.7 Å². The number of nitriles is 1. The Morgan fingerprint density at radius 2 is 2.03 bits per heavy atom. The third kappa shape index (κ3) is 5.67. The monoisotopic (exact) mass is 440 g/mol. The van der Waals surface area contributed by atoms with Crippen molar-refractivity contribution >= 4 is 11.7 Å². The van der Waals surface area contributed by atoms with Crippen molar-refractivity contribution in [3.05, 3.63) is 53.5 Å². The number of carbonyl (C=O) groups is 1. The molecular formula is C24H29FN4O3. The van der Waals surface area contributed by atoms with E-state index in [1.165, 1.54) is 12.1 Å². The molecule has 0 unspecified atom stereocenters. The van der Waals surface area contributed by atoms with Gasteiger partial charge in [-0.2, -0.15) is 5.26 Å². The number of nitrogens with zero attached hydrogens (tertiary/aromatic N) is 4. The number of amides is 1. The van der Waals surface area contributed by atoms with Gasteiger partial charge in [-0.05, 0) is 58.2 Å². The van der Waals surface area contributed by atoms with Gasteiger partial charge in [-0.25, -0.2) is 9.18 Å². The van der Waals surface area contributed by atoms with Crippen LogP contribution in [0.25, 0.3) is 5.57 Å². The summed E-state index contributed by atoms with van der Waals surface area (Å²) in [5.74, 6) is -0.106. The molecule has 2 aromatic rings. The van der Waals surface area contributed by atoms with E-state index in [-0.39, 0.29) is 24.3 Å². The van der Waals surface area contributed by atoms with Gasteiger partial charge in [0.2, 0.25) is 5.88 Å². The first kappa shape index (κ1) is 23.3. The first-order valence-electron chi connectivity index (χ1n) is 10.6. The Hall–Kier alpha value is -3.34. The summed E-state index contributed by atoms with van der Waals surface area (Å²) >= 11 is 0. The summed E-state index contributed by atoms with van der Waals surface area (Å²) in [5.41, 5.74) is 1.63. The summed E-state index contributed by atoms with van der Waals surface area (Å²) in [6, 6.07) is 6.30. The van der Waals surface area contributed by atoms with E-state index < -0.39 is 11.4 Å². The van der Waals surface area contributed by atoms with Gasteiger partial charge in [0.05, 0.1) is 23.2 Å². The van der Waals surface area contributed by atoms with E-state index >= 15 is 0 Å². The third-order valence-corrected chi connectivity index (χ3v) is 5.19. The highest BCUT2D eigenvalue weighted by atomic mass is 19.1. The molecule has 170 valence electrons. The van der Waals surface area contributed by atoms with Crippen LogP contribution >= 0.6 is 0 Å². The fourth-order valence-corrected chi connectivity index (χ4v) is 3.48. The molecule has 2 heterocycles. The molecule has 3 rings (SSSR count). The van der Waals surface area contributed by atoms with E-state index in [0.29, 0.717) is 24.5 Å². The molecule has 0 saturated carbocycles. The zero-order valence-corrected chi connectivity index (χ0v) is 19.0. The second-order valence-corrected chi connectivity index (χ2v) is 9.01. The number of allylic oxidation sites excluding steroid dienone is 1. The molecule has 1 fully saturated rings. The molecule has 8 heteroatoms. The van der Waals surface area contributed by atoms with Crippen molar-refractivity contribution in [2.75, 3.05) is 13.1 Å². The summed E-state index contributed by atoms with van der Waals surface area (Å²) in [4.78, 5) is 14.0. The summed E-state index contributed by atoms with van der Waals surface area (Å²) in [7, 11) is 0. The molecule has 0 radical (unpaired) electrons. The molecule has 1 aromatic heterocycles. The second kappa shape index (κ2) is 9.43. The molecule has 0 atom stereocenters. The Bertz CT molecular complexity index is 1040. The van der Waals surface area contributed by atoms with Crippen LogP contribution in [0.2, 0.25) is 0 Å². The molecule has 0 spiro atoms. The average Bonchev–Trinajstić information content (AvgIpc) is 3.16. The van der Waals surface area contributed by atoms with Crippen LogP contribution in [-0.2, 0) is 11.3 Å². The largest absolute Gasteiger partial charge is 0.471 e. The maximum Gasteiger partial charge on any atom is 0.410 e. The standard InChI is InChI=1S/C24H29FN4O3/c1-16(2)20-14-29(19-8-10-28(11-9-19)23(30)32-24(3,4)5)27-22(20)31-15-18-7-6-17(13-26)12-21(18)25/h6-7,12,14,19H,1,8-11,15H2,2-5H3. The number of hydrogen-bond acceptors (Lipinski definition) is 5. The van der Waals surface area contributed by atoms with Gasteiger partial charge in [0.15, 0.2) is 0 Å². The van der Waals surface area contributed by atoms with Gasteiger partial charge in [-0.1, -0.05) is 12.6 Å². The Balaban J connectivity index is 1.67. The SMILES string of the molecule is C=C(C)c1cn(C2CCN(C(=O)OC(C)(C)C)CC2)nc1OCc1ccc(C#N)cc1F. The maximum absolute atomic E-state index is 14.2. The van der Waals surface area contributed by atoms with Crippen molar-refractivity contribution in [2.45, 2.75) is 58.8 Å². The van der Waals surface area contributed by atoms with E-state index in [4.69, 9.17) is 14.7 Å². The minimum Gasteiger partial charge on any atom is -0.471 e. The highest BCUT2D eigenvalue weighted by molar-refractivity contribution is 5.68. The summed E-state index contributed by atoms with van der Waals surface area (Å²) in [6.07, 6.45) is 3.06. The number of piperidine rings is 1. The zero-order chi connectivity index (χ0) is 23.5. The normalized spacial score (nSPS) is 14.7. The molecule has 1 aromatic carbocycles.